The third kappa shape index (κ3) is 4.12. The van der Waals surface area contributed by atoms with E-state index in [4.69, 9.17) is 13.7 Å². The molecule has 45 heavy (non-hydrogen) atoms. The molecule has 2 aliphatic rings. The van der Waals surface area contributed by atoms with Crippen LogP contribution in [0.3, 0.4) is 0 Å². The van der Waals surface area contributed by atoms with Crippen molar-refractivity contribution in [1.82, 2.24) is 0 Å². The second-order valence-electron chi connectivity index (χ2n) is 11.0. The number of hydrogen-bond acceptors (Lipinski definition) is 2. The van der Waals surface area contributed by atoms with Crippen molar-refractivity contribution in [3.63, 3.8) is 0 Å². The van der Waals surface area contributed by atoms with E-state index in [2.05, 4.69) is 53.4 Å². The zero-order chi connectivity index (χ0) is 38.4. The molecule has 0 saturated heterocycles. The molecule has 2 heterocycles. The molecule has 210 valence electrons. The van der Waals surface area contributed by atoms with Crippen molar-refractivity contribution in [2.45, 2.75) is 0 Å². The summed E-state index contributed by atoms with van der Waals surface area (Å²) >= 11 is 0. The monoisotopic (exact) mass is 582 g/mol. The van der Waals surface area contributed by atoms with Gasteiger partial charge in [-0.15, -0.1) is 0 Å². The molecule has 7 aromatic rings. The second kappa shape index (κ2) is 10.4. The highest BCUT2D eigenvalue weighted by molar-refractivity contribution is 7.01. The standard InChI is InChI=1S/C42H29BN2/c1-5-14-30(15-6-1)31-24-26-39-41(28-31)45(34-20-11-4-12-21-34)40-23-13-22-36-37-29-35(25-27-38(37)43(39)42(36)40)44(32-16-7-2-8-17-32)33-18-9-3-10-19-33/h1-29H/i2D,3D,7D,8D,9D,10D,16D,17D,18D,19D. The Morgan fingerprint density at radius 1 is 0.489 bits per heavy atom. The van der Waals surface area contributed by atoms with Crippen LogP contribution in [0.2, 0.25) is 0 Å². The lowest BCUT2D eigenvalue weighted by Crippen LogP contribution is -2.54. The molecule has 0 N–H and O–H groups in total. The summed E-state index contributed by atoms with van der Waals surface area (Å²) in [5, 5.41) is 0. The predicted molar refractivity (Wildman–Crippen MR) is 191 cm³/mol. The molecule has 0 bridgehead atoms. The maximum absolute atomic E-state index is 8.92. The fourth-order valence-corrected chi connectivity index (χ4v) is 6.79. The van der Waals surface area contributed by atoms with Crippen molar-refractivity contribution >= 4 is 57.2 Å². The fraction of sp³-hybridized carbons (Fsp3) is 0. The molecule has 3 heteroatoms. The van der Waals surface area contributed by atoms with Gasteiger partial charge in [-0.2, -0.15) is 0 Å². The molecule has 0 unspecified atom stereocenters. The van der Waals surface area contributed by atoms with Crippen molar-refractivity contribution in [3.05, 3.63) is 176 Å². The lowest BCUT2D eigenvalue weighted by Gasteiger charge is -2.36. The van der Waals surface area contributed by atoms with Crippen molar-refractivity contribution < 1.29 is 13.7 Å². The molecule has 2 nitrogen and oxygen atoms in total. The normalized spacial score (nSPS) is 15.5. The summed E-state index contributed by atoms with van der Waals surface area (Å²) in [5.41, 5.74) is 9.69. The Morgan fingerprint density at radius 3 is 1.87 bits per heavy atom. The van der Waals surface area contributed by atoms with Gasteiger partial charge in [0.25, 0.3) is 0 Å². The van der Waals surface area contributed by atoms with Crippen LogP contribution >= 0.6 is 0 Å². The van der Waals surface area contributed by atoms with E-state index >= 15 is 0 Å². The van der Waals surface area contributed by atoms with Crippen LogP contribution in [0.1, 0.15) is 13.7 Å². The Morgan fingerprint density at radius 2 is 1.16 bits per heavy atom. The minimum absolute atomic E-state index is 0.176. The molecule has 0 fully saturated rings. The zero-order valence-electron chi connectivity index (χ0n) is 33.9. The van der Waals surface area contributed by atoms with Crippen LogP contribution in [0.15, 0.2) is 176 Å². The third-order valence-corrected chi connectivity index (χ3v) is 8.63. The van der Waals surface area contributed by atoms with Crippen LogP contribution in [-0.4, -0.2) is 6.71 Å². The number of rotatable bonds is 5. The van der Waals surface area contributed by atoms with Gasteiger partial charge in [0, 0.05) is 34.1 Å². The molecule has 2 aliphatic heterocycles. The van der Waals surface area contributed by atoms with Crippen molar-refractivity contribution in [1.29, 1.82) is 0 Å². The molecular formula is C42H29BN2. The maximum Gasteiger partial charge on any atom is 0.248 e. The van der Waals surface area contributed by atoms with Gasteiger partial charge in [0.15, 0.2) is 0 Å². The summed E-state index contributed by atoms with van der Waals surface area (Å²) in [6.45, 7) is -0.176. The largest absolute Gasteiger partial charge is 0.311 e. The quantitative estimate of drug-likeness (QED) is 0.187. The number of para-hydroxylation sites is 3. The molecule has 0 spiro atoms. The molecule has 0 aliphatic carbocycles. The molecule has 0 aromatic heterocycles. The Kier molecular flexibility index (Phi) is 4.05. The summed E-state index contributed by atoms with van der Waals surface area (Å²) < 4.78 is 86.0. The van der Waals surface area contributed by atoms with Gasteiger partial charge in [0.2, 0.25) is 6.71 Å². The Bertz CT molecular complexity index is 2620. The van der Waals surface area contributed by atoms with Crippen molar-refractivity contribution in [2.24, 2.45) is 0 Å². The first-order valence-electron chi connectivity index (χ1n) is 19.7. The van der Waals surface area contributed by atoms with Gasteiger partial charge in [-0.1, -0.05) is 121 Å². The predicted octanol–water partition coefficient (Wildman–Crippen LogP) is 9.10. The van der Waals surface area contributed by atoms with E-state index in [0.29, 0.717) is 0 Å². The van der Waals surface area contributed by atoms with Gasteiger partial charge in [0.05, 0.1) is 13.7 Å². The molecule has 0 radical (unpaired) electrons. The van der Waals surface area contributed by atoms with Crippen molar-refractivity contribution in [3.8, 4) is 22.3 Å². The Labute approximate surface area is 278 Å². The van der Waals surface area contributed by atoms with E-state index in [9.17, 15) is 0 Å². The van der Waals surface area contributed by atoms with Gasteiger partial charge in [0.1, 0.15) is 0 Å². The maximum atomic E-state index is 8.92. The first-order chi connectivity index (χ1) is 26.5. The van der Waals surface area contributed by atoms with Crippen LogP contribution in [0.25, 0.3) is 22.3 Å². The minimum atomic E-state index is -0.608. The first-order valence-corrected chi connectivity index (χ1v) is 14.7. The lowest BCUT2D eigenvalue weighted by molar-refractivity contribution is 1.29. The summed E-state index contributed by atoms with van der Waals surface area (Å²) in [6, 6.07) is 32.6. The van der Waals surface area contributed by atoms with E-state index in [0.717, 1.165) is 55.7 Å². The van der Waals surface area contributed by atoms with Crippen LogP contribution in [-0.2, 0) is 0 Å². The lowest BCUT2D eigenvalue weighted by atomic mass is 9.37. The van der Waals surface area contributed by atoms with E-state index in [-0.39, 0.29) is 23.8 Å². The topological polar surface area (TPSA) is 6.48 Å². The van der Waals surface area contributed by atoms with E-state index in [1.165, 1.54) is 4.90 Å². The van der Waals surface area contributed by atoms with Crippen LogP contribution in [0.5, 0.6) is 0 Å². The number of nitrogens with zero attached hydrogens (tertiary/aromatic N) is 2. The van der Waals surface area contributed by atoms with E-state index in [1.54, 1.807) is 6.07 Å². The Balaban J connectivity index is 1.32. The number of benzene rings is 7. The highest BCUT2D eigenvalue weighted by atomic mass is 15.2. The van der Waals surface area contributed by atoms with Gasteiger partial charge < -0.3 is 9.80 Å². The van der Waals surface area contributed by atoms with Gasteiger partial charge in [-0.3, -0.25) is 0 Å². The first kappa shape index (κ1) is 17.5. The number of fused-ring (bicyclic) bond motifs is 5. The van der Waals surface area contributed by atoms with Crippen LogP contribution < -0.4 is 26.2 Å². The number of anilines is 6. The molecule has 0 saturated carbocycles. The van der Waals surface area contributed by atoms with E-state index in [1.807, 2.05) is 60.7 Å². The molecule has 0 amide bonds. The Hall–Kier alpha value is -5.80. The average molecular weight is 583 g/mol. The highest BCUT2D eigenvalue weighted by Gasteiger charge is 2.42. The number of hydrogen-bond donors (Lipinski definition) is 0. The summed E-state index contributed by atoms with van der Waals surface area (Å²) in [7, 11) is 0. The van der Waals surface area contributed by atoms with E-state index < -0.39 is 60.4 Å². The molecule has 0 atom stereocenters. The summed E-state index contributed by atoms with van der Waals surface area (Å²) in [4.78, 5) is 3.49. The zero-order valence-corrected chi connectivity index (χ0v) is 23.9. The summed E-state index contributed by atoms with van der Waals surface area (Å²) in [5.74, 6) is 0. The summed E-state index contributed by atoms with van der Waals surface area (Å²) in [6.07, 6.45) is 0. The second-order valence-corrected chi connectivity index (χ2v) is 11.0. The van der Waals surface area contributed by atoms with Gasteiger partial charge in [-0.05, 0) is 93.7 Å². The smallest absolute Gasteiger partial charge is 0.248 e. The van der Waals surface area contributed by atoms with Crippen LogP contribution in [0.4, 0.5) is 34.1 Å². The fourth-order valence-electron chi connectivity index (χ4n) is 6.79. The third-order valence-electron chi connectivity index (χ3n) is 8.63. The van der Waals surface area contributed by atoms with Crippen LogP contribution in [0, 0.1) is 0 Å². The van der Waals surface area contributed by atoms with Gasteiger partial charge >= 0.3 is 0 Å². The average Bonchev–Trinajstić information content (AvgIpc) is 3.55. The minimum Gasteiger partial charge on any atom is -0.311 e. The SMILES string of the molecule is [2H]c1c([2H])c([2H])c(N(c2ccc3c(c2)-c2cccc4c2B3c2ccc(-c3ccccc3)cc2N4c2ccccc2)c2c([2H])c([2H])c([2H])c([2H])c2[2H])c([2H])c1[2H]. The molecular weight excluding hydrogens is 543 g/mol. The molecule has 9 rings (SSSR count). The molecule has 7 aromatic carbocycles. The van der Waals surface area contributed by atoms with Gasteiger partial charge in [-0.25, -0.2) is 0 Å². The van der Waals surface area contributed by atoms with Crippen molar-refractivity contribution in [2.75, 3.05) is 9.80 Å². The highest BCUT2D eigenvalue weighted by Crippen LogP contribution is 2.43.